The van der Waals surface area contributed by atoms with Gasteiger partial charge in [0, 0.05) is 43.8 Å². The quantitative estimate of drug-likeness (QED) is 0.871. The van der Waals surface area contributed by atoms with Gasteiger partial charge in [-0.1, -0.05) is 0 Å². The standard InChI is InChI=1S/C19H27N5O/c1-4-23(5-2)16-6-7-17(15(3)14-16)21-18-8-9-20-19(22-18)24-10-12-25-13-11-24/h6-9,14H,4-5,10-13H2,1-3H3,(H,20,21,22). The molecule has 1 aliphatic rings. The van der Waals surface area contributed by atoms with Gasteiger partial charge in [0.15, 0.2) is 0 Å². The summed E-state index contributed by atoms with van der Waals surface area (Å²) in [6.07, 6.45) is 1.81. The Bertz CT molecular complexity index is 696. The van der Waals surface area contributed by atoms with Crippen LogP contribution < -0.4 is 15.1 Å². The molecule has 1 aliphatic heterocycles. The van der Waals surface area contributed by atoms with Gasteiger partial charge in [0.25, 0.3) is 0 Å². The van der Waals surface area contributed by atoms with Gasteiger partial charge in [-0.05, 0) is 50.6 Å². The molecule has 1 aromatic carbocycles. The van der Waals surface area contributed by atoms with E-state index in [-0.39, 0.29) is 0 Å². The molecule has 134 valence electrons. The minimum Gasteiger partial charge on any atom is -0.378 e. The zero-order valence-electron chi connectivity index (χ0n) is 15.3. The molecule has 0 atom stereocenters. The Balaban J connectivity index is 1.76. The van der Waals surface area contributed by atoms with Crippen molar-refractivity contribution < 1.29 is 4.74 Å². The van der Waals surface area contributed by atoms with Crippen molar-refractivity contribution in [1.29, 1.82) is 0 Å². The van der Waals surface area contributed by atoms with Crippen molar-refractivity contribution in [3.8, 4) is 0 Å². The highest BCUT2D eigenvalue weighted by molar-refractivity contribution is 5.65. The molecule has 2 aromatic rings. The third-order valence-corrected chi connectivity index (χ3v) is 4.54. The average molecular weight is 341 g/mol. The van der Waals surface area contributed by atoms with Crippen molar-refractivity contribution in [1.82, 2.24) is 9.97 Å². The van der Waals surface area contributed by atoms with Crippen LogP contribution in [0, 0.1) is 6.92 Å². The summed E-state index contributed by atoms with van der Waals surface area (Å²) in [5.74, 6) is 1.57. The van der Waals surface area contributed by atoms with Crippen molar-refractivity contribution in [2.45, 2.75) is 20.8 Å². The van der Waals surface area contributed by atoms with Gasteiger partial charge in [0.2, 0.25) is 5.95 Å². The van der Waals surface area contributed by atoms with E-state index in [0.29, 0.717) is 0 Å². The average Bonchev–Trinajstić information content (AvgIpc) is 2.66. The molecular weight excluding hydrogens is 314 g/mol. The summed E-state index contributed by atoms with van der Waals surface area (Å²) in [6.45, 7) is 11.6. The zero-order chi connectivity index (χ0) is 17.6. The molecule has 25 heavy (non-hydrogen) atoms. The van der Waals surface area contributed by atoms with Crippen LogP contribution in [0.3, 0.4) is 0 Å². The largest absolute Gasteiger partial charge is 0.378 e. The normalized spacial score (nSPS) is 14.4. The van der Waals surface area contributed by atoms with E-state index < -0.39 is 0 Å². The third kappa shape index (κ3) is 4.20. The SMILES string of the molecule is CCN(CC)c1ccc(Nc2ccnc(N3CCOCC3)n2)c(C)c1. The molecule has 3 rings (SSSR count). The van der Waals surface area contributed by atoms with E-state index in [4.69, 9.17) is 4.74 Å². The van der Waals surface area contributed by atoms with Gasteiger partial charge < -0.3 is 19.9 Å². The zero-order valence-corrected chi connectivity index (χ0v) is 15.3. The van der Waals surface area contributed by atoms with Crippen molar-refractivity contribution in [2.24, 2.45) is 0 Å². The molecule has 0 unspecified atom stereocenters. The first-order valence-corrected chi connectivity index (χ1v) is 8.99. The highest BCUT2D eigenvalue weighted by Crippen LogP contribution is 2.25. The van der Waals surface area contributed by atoms with E-state index in [1.807, 2.05) is 6.07 Å². The molecule has 0 spiro atoms. The topological polar surface area (TPSA) is 53.5 Å². The number of rotatable bonds is 6. The molecule has 0 aliphatic carbocycles. The van der Waals surface area contributed by atoms with Crippen LogP contribution in [-0.4, -0.2) is 49.4 Å². The van der Waals surface area contributed by atoms with Crippen molar-refractivity contribution in [2.75, 3.05) is 54.5 Å². The van der Waals surface area contributed by atoms with Crippen LogP contribution in [0.1, 0.15) is 19.4 Å². The number of ether oxygens (including phenoxy) is 1. The van der Waals surface area contributed by atoms with Crippen LogP contribution >= 0.6 is 0 Å². The van der Waals surface area contributed by atoms with E-state index in [1.54, 1.807) is 6.20 Å². The molecule has 1 saturated heterocycles. The Morgan fingerprint density at radius 3 is 2.60 bits per heavy atom. The van der Waals surface area contributed by atoms with E-state index in [9.17, 15) is 0 Å². The number of anilines is 4. The predicted octanol–water partition coefficient (Wildman–Crippen LogP) is 3.21. The van der Waals surface area contributed by atoms with E-state index >= 15 is 0 Å². The second-order valence-corrected chi connectivity index (χ2v) is 6.14. The number of nitrogens with zero attached hydrogens (tertiary/aromatic N) is 4. The lowest BCUT2D eigenvalue weighted by Crippen LogP contribution is -2.37. The first kappa shape index (κ1) is 17.5. The van der Waals surface area contributed by atoms with Crippen LogP contribution in [0.5, 0.6) is 0 Å². The summed E-state index contributed by atoms with van der Waals surface area (Å²) in [6, 6.07) is 8.41. The van der Waals surface area contributed by atoms with Gasteiger partial charge in [-0.15, -0.1) is 0 Å². The van der Waals surface area contributed by atoms with Gasteiger partial charge in [-0.3, -0.25) is 0 Å². The van der Waals surface area contributed by atoms with Gasteiger partial charge in [-0.2, -0.15) is 4.98 Å². The molecule has 6 nitrogen and oxygen atoms in total. The minimum atomic E-state index is 0.729. The minimum absolute atomic E-state index is 0.729. The molecule has 1 aromatic heterocycles. The highest BCUT2D eigenvalue weighted by atomic mass is 16.5. The molecule has 0 amide bonds. The van der Waals surface area contributed by atoms with E-state index in [1.165, 1.54) is 11.3 Å². The van der Waals surface area contributed by atoms with Crippen molar-refractivity contribution in [3.05, 3.63) is 36.0 Å². The Morgan fingerprint density at radius 2 is 1.92 bits per heavy atom. The van der Waals surface area contributed by atoms with Gasteiger partial charge in [0.05, 0.1) is 13.2 Å². The lowest BCUT2D eigenvalue weighted by atomic mass is 10.1. The molecule has 6 heteroatoms. The lowest BCUT2D eigenvalue weighted by molar-refractivity contribution is 0.122. The highest BCUT2D eigenvalue weighted by Gasteiger charge is 2.14. The maximum absolute atomic E-state index is 5.39. The number of morpholine rings is 1. The lowest BCUT2D eigenvalue weighted by Gasteiger charge is -2.27. The second-order valence-electron chi connectivity index (χ2n) is 6.14. The van der Waals surface area contributed by atoms with Crippen LogP contribution in [0.25, 0.3) is 0 Å². The molecule has 0 bridgehead atoms. The van der Waals surface area contributed by atoms with Crippen molar-refractivity contribution >= 4 is 23.1 Å². The summed E-state index contributed by atoms with van der Waals surface area (Å²) in [4.78, 5) is 13.6. The Morgan fingerprint density at radius 1 is 1.16 bits per heavy atom. The number of benzene rings is 1. The van der Waals surface area contributed by atoms with Crippen LogP contribution in [-0.2, 0) is 4.74 Å². The number of hydrogen-bond acceptors (Lipinski definition) is 6. The summed E-state index contributed by atoms with van der Waals surface area (Å²) >= 11 is 0. The molecule has 1 fully saturated rings. The fraction of sp³-hybridized carbons (Fsp3) is 0.474. The van der Waals surface area contributed by atoms with E-state index in [2.05, 4.69) is 64.1 Å². The van der Waals surface area contributed by atoms with E-state index in [0.717, 1.165) is 56.8 Å². The Kier molecular flexibility index (Phi) is 5.71. The first-order valence-electron chi connectivity index (χ1n) is 8.99. The number of aryl methyl sites for hydroxylation is 1. The molecule has 0 radical (unpaired) electrons. The summed E-state index contributed by atoms with van der Waals surface area (Å²) in [7, 11) is 0. The Hall–Kier alpha value is -2.34. The monoisotopic (exact) mass is 341 g/mol. The van der Waals surface area contributed by atoms with Gasteiger partial charge in [-0.25, -0.2) is 4.98 Å². The molecular formula is C19H27N5O. The fourth-order valence-corrected chi connectivity index (χ4v) is 3.05. The van der Waals surface area contributed by atoms with Crippen molar-refractivity contribution in [3.63, 3.8) is 0 Å². The third-order valence-electron chi connectivity index (χ3n) is 4.54. The number of nitrogens with one attached hydrogen (secondary N) is 1. The summed E-state index contributed by atoms with van der Waals surface area (Å²) < 4.78 is 5.39. The molecule has 2 heterocycles. The van der Waals surface area contributed by atoms with Gasteiger partial charge in [0.1, 0.15) is 5.82 Å². The van der Waals surface area contributed by atoms with Gasteiger partial charge >= 0.3 is 0 Å². The molecule has 0 saturated carbocycles. The number of hydrogen-bond donors (Lipinski definition) is 1. The van der Waals surface area contributed by atoms with Crippen LogP contribution in [0.4, 0.5) is 23.1 Å². The molecule has 1 N–H and O–H groups in total. The first-order chi connectivity index (χ1) is 12.2. The number of aromatic nitrogens is 2. The maximum Gasteiger partial charge on any atom is 0.227 e. The maximum atomic E-state index is 5.39. The summed E-state index contributed by atoms with van der Waals surface area (Å²) in [5.41, 5.74) is 3.53. The summed E-state index contributed by atoms with van der Waals surface area (Å²) in [5, 5.41) is 3.43. The predicted molar refractivity (Wildman–Crippen MR) is 103 cm³/mol. The van der Waals surface area contributed by atoms with Crippen LogP contribution in [0.2, 0.25) is 0 Å². The van der Waals surface area contributed by atoms with Crippen LogP contribution in [0.15, 0.2) is 30.5 Å². The smallest absolute Gasteiger partial charge is 0.227 e. The second kappa shape index (κ2) is 8.16. The fourth-order valence-electron chi connectivity index (χ4n) is 3.05. The Labute approximate surface area is 149 Å².